The van der Waals surface area contributed by atoms with Crippen molar-refractivity contribution in [3.63, 3.8) is 0 Å². The van der Waals surface area contributed by atoms with Gasteiger partial charge in [0.15, 0.2) is 0 Å². The summed E-state index contributed by atoms with van der Waals surface area (Å²) in [7, 11) is 0. The first-order valence-electron chi connectivity index (χ1n) is 7.88. The average Bonchev–Trinajstić information content (AvgIpc) is 2.90. The van der Waals surface area contributed by atoms with E-state index in [1.54, 1.807) is 4.90 Å². The number of rotatable bonds is 4. The highest BCUT2D eigenvalue weighted by Gasteiger charge is 2.43. The minimum absolute atomic E-state index is 0.191. The first-order chi connectivity index (χ1) is 9.57. The molecule has 20 heavy (non-hydrogen) atoms. The zero-order valence-corrected chi connectivity index (χ0v) is 12.4. The third kappa shape index (κ3) is 3.25. The Morgan fingerprint density at radius 1 is 1.25 bits per heavy atom. The summed E-state index contributed by atoms with van der Waals surface area (Å²) in [5.41, 5.74) is -1.02. The van der Waals surface area contributed by atoms with Crippen LogP contribution in [0.2, 0.25) is 0 Å². The highest BCUT2D eigenvalue weighted by atomic mass is 16.4. The van der Waals surface area contributed by atoms with E-state index in [2.05, 4.69) is 12.2 Å². The number of carboxylic acids is 1. The number of piperidine rings is 1. The molecule has 0 aromatic rings. The van der Waals surface area contributed by atoms with Crippen LogP contribution in [0, 0.1) is 5.92 Å². The minimum atomic E-state index is -1.02. The number of carboxylic acid groups (broad SMARTS) is 1. The topological polar surface area (TPSA) is 69.6 Å². The third-order valence-electron chi connectivity index (χ3n) is 4.81. The number of hydrogen-bond donors (Lipinski definition) is 2. The zero-order valence-electron chi connectivity index (χ0n) is 12.4. The number of carbonyl (C=O) groups excluding carboxylic acids is 1. The molecule has 0 radical (unpaired) electrons. The van der Waals surface area contributed by atoms with Gasteiger partial charge < -0.3 is 15.3 Å². The van der Waals surface area contributed by atoms with E-state index in [-0.39, 0.29) is 6.03 Å². The van der Waals surface area contributed by atoms with Gasteiger partial charge in [0.25, 0.3) is 0 Å². The molecule has 1 saturated carbocycles. The number of carbonyl (C=O) groups is 2. The van der Waals surface area contributed by atoms with Gasteiger partial charge in [-0.1, -0.05) is 32.6 Å². The minimum Gasteiger partial charge on any atom is -0.480 e. The van der Waals surface area contributed by atoms with Crippen molar-refractivity contribution < 1.29 is 14.7 Å². The maximum Gasteiger partial charge on any atom is 0.329 e. The highest BCUT2D eigenvalue weighted by Crippen LogP contribution is 2.30. The second kappa shape index (κ2) is 6.46. The van der Waals surface area contributed by atoms with Crippen LogP contribution in [0.15, 0.2) is 0 Å². The molecule has 0 aromatic heterocycles. The molecule has 5 heteroatoms. The lowest BCUT2D eigenvalue weighted by Crippen LogP contribution is -2.57. The lowest BCUT2D eigenvalue weighted by molar-refractivity contribution is -0.144. The van der Waals surface area contributed by atoms with Crippen molar-refractivity contribution >= 4 is 12.0 Å². The summed E-state index contributed by atoms with van der Waals surface area (Å²) >= 11 is 0. The molecule has 5 nitrogen and oxygen atoms in total. The van der Waals surface area contributed by atoms with Crippen LogP contribution in [-0.2, 0) is 4.79 Å². The van der Waals surface area contributed by atoms with Crippen molar-refractivity contribution in [2.75, 3.05) is 13.1 Å². The fourth-order valence-corrected chi connectivity index (χ4v) is 3.49. The van der Waals surface area contributed by atoms with Gasteiger partial charge in [-0.2, -0.15) is 0 Å². The second-order valence-corrected chi connectivity index (χ2v) is 6.24. The SMILES string of the molecule is CCCC1CCN(C(=O)NC2(C(=O)O)CCCC2)CC1. The maximum absolute atomic E-state index is 12.3. The largest absolute Gasteiger partial charge is 0.480 e. The van der Waals surface area contributed by atoms with Crippen molar-refractivity contribution in [1.82, 2.24) is 10.2 Å². The average molecular weight is 282 g/mol. The van der Waals surface area contributed by atoms with Crippen LogP contribution in [0.3, 0.4) is 0 Å². The number of amides is 2. The van der Waals surface area contributed by atoms with Crippen LogP contribution in [0.25, 0.3) is 0 Å². The predicted molar refractivity (Wildman–Crippen MR) is 76.6 cm³/mol. The molecule has 114 valence electrons. The van der Waals surface area contributed by atoms with Gasteiger partial charge in [-0.05, 0) is 31.6 Å². The number of likely N-dealkylation sites (tertiary alicyclic amines) is 1. The molecule has 0 unspecified atom stereocenters. The summed E-state index contributed by atoms with van der Waals surface area (Å²) in [6.45, 7) is 3.70. The number of hydrogen-bond acceptors (Lipinski definition) is 2. The van der Waals surface area contributed by atoms with Gasteiger partial charge in [-0.3, -0.25) is 0 Å². The van der Waals surface area contributed by atoms with E-state index in [9.17, 15) is 14.7 Å². The Morgan fingerprint density at radius 3 is 2.35 bits per heavy atom. The van der Waals surface area contributed by atoms with Gasteiger partial charge in [0.2, 0.25) is 0 Å². The molecule has 1 heterocycles. The summed E-state index contributed by atoms with van der Waals surface area (Å²) in [6, 6.07) is -0.191. The van der Waals surface area contributed by atoms with Crippen molar-refractivity contribution in [2.45, 2.75) is 63.8 Å². The lowest BCUT2D eigenvalue weighted by atomic mass is 9.92. The highest BCUT2D eigenvalue weighted by molar-refractivity contribution is 5.86. The normalized spacial score (nSPS) is 22.8. The zero-order chi connectivity index (χ0) is 14.6. The van der Waals surface area contributed by atoms with Crippen molar-refractivity contribution in [3.05, 3.63) is 0 Å². The number of urea groups is 1. The molecule has 2 N–H and O–H groups in total. The van der Waals surface area contributed by atoms with Gasteiger partial charge in [0.1, 0.15) is 5.54 Å². The van der Waals surface area contributed by atoms with E-state index < -0.39 is 11.5 Å². The standard InChI is InChI=1S/C15H26N2O3/c1-2-5-12-6-10-17(11-7-12)14(20)16-15(13(18)19)8-3-4-9-15/h12H,2-11H2,1H3,(H,16,20)(H,18,19). The smallest absolute Gasteiger partial charge is 0.329 e. The Kier molecular flexibility index (Phi) is 4.89. The maximum atomic E-state index is 12.3. The van der Waals surface area contributed by atoms with Crippen LogP contribution in [0.4, 0.5) is 4.79 Å². The van der Waals surface area contributed by atoms with Crippen molar-refractivity contribution in [2.24, 2.45) is 5.92 Å². The van der Waals surface area contributed by atoms with Crippen LogP contribution < -0.4 is 5.32 Å². The van der Waals surface area contributed by atoms with Crippen LogP contribution in [0.5, 0.6) is 0 Å². The summed E-state index contributed by atoms with van der Waals surface area (Å²) in [4.78, 5) is 25.5. The molecule has 0 aromatic carbocycles. The van der Waals surface area contributed by atoms with Gasteiger partial charge in [-0.15, -0.1) is 0 Å². The molecule has 0 atom stereocenters. The van der Waals surface area contributed by atoms with E-state index in [0.717, 1.165) is 44.7 Å². The van der Waals surface area contributed by atoms with Crippen LogP contribution in [0.1, 0.15) is 58.3 Å². The lowest BCUT2D eigenvalue weighted by Gasteiger charge is -2.35. The third-order valence-corrected chi connectivity index (χ3v) is 4.81. The van der Waals surface area contributed by atoms with Crippen molar-refractivity contribution in [1.29, 1.82) is 0 Å². The second-order valence-electron chi connectivity index (χ2n) is 6.24. The molecular weight excluding hydrogens is 256 g/mol. The quantitative estimate of drug-likeness (QED) is 0.832. The van der Waals surface area contributed by atoms with E-state index in [0.29, 0.717) is 12.8 Å². The molecule has 1 aliphatic heterocycles. The predicted octanol–water partition coefficient (Wildman–Crippen LogP) is 2.61. The van der Waals surface area contributed by atoms with Gasteiger partial charge in [0, 0.05) is 13.1 Å². The molecule has 1 saturated heterocycles. The van der Waals surface area contributed by atoms with E-state index in [4.69, 9.17) is 0 Å². The Balaban J connectivity index is 1.87. The van der Waals surface area contributed by atoms with Gasteiger partial charge in [-0.25, -0.2) is 9.59 Å². The van der Waals surface area contributed by atoms with Gasteiger partial charge in [0.05, 0.1) is 0 Å². The summed E-state index contributed by atoms with van der Waals surface area (Å²) < 4.78 is 0. The number of nitrogens with zero attached hydrogens (tertiary/aromatic N) is 1. The Labute approximate surface area is 120 Å². The van der Waals surface area contributed by atoms with Crippen LogP contribution >= 0.6 is 0 Å². The van der Waals surface area contributed by atoms with E-state index in [1.165, 1.54) is 12.8 Å². The monoisotopic (exact) mass is 282 g/mol. The first kappa shape index (κ1) is 15.1. The fraction of sp³-hybridized carbons (Fsp3) is 0.867. The molecule has 0 bridgehead atoms. The van der Waals surface area contributed by atoms with Gasteiger partial charge >= 0.3 is 12.0 Å². The first-order valence-corrected chi connectivity index (χ1v) is 7.88. The molecule has 2 amide bonds. The summed E-state index contributed by atoms with van der Waals surface area (Å²) in [6.07, 6.45) is 7.38. The number of nitrogens with one attached hydrogen (secondary N) is 1. The van der Waals surface area contributed by atoms with E-state index >= 15 is 0 Å². The molecule has 0 spiro atoms. The molecule has 2 aliphatic rings. The Hall–Kier alpha value is -1.26. The molecule has 1 aliphatic carbocycles. The Morgan fingerprint density at radius 2 is 1.85 bits per heavy atom. The summed E-state index contributed by atoms with van der Waals surface area (Å²) in [5, 5.41) is 12.2. The Bertz CT molecular complexity index is 356. The van der Waals surface area contributed by atoms with E-state index in [1.807, 2.05) is 0 Å². The van der Waals surface area contributed by atoms with Crippen LogP contribution in [-0.4, -0.2) is 40.6 Å². The fourth-order valence-electron chi connectivity index (χ4n) is 3.49. The molecule has 2 rings (SSSR count). The molecule has 2 fully saturated rings. The van der Waals surface area contributed by atoms with Crippen molar-refractivity contribution in [3.8, 4) is 0 Å². The molecular formula is C15H26N2O3. The summed E-state index contributed by atoms with van der Waals surface area (Å²) in [5.74, 6) is -0.159. The number of aliphatic carboxylic acids is 1.